The van der Waals surface area contributed by atoms with Crippen molar-refractivity contribution in [2.45, 2.75) is 39.2 Å². The maximum atomic E-state index is 6.07. The molecule has 2 rings (SSSR count). The smallest absolute Gasteiger partial charge is 0.215 e. The number of rotatable bonds is 5. The quantitative estimate of drug-likeness (QED) is 0.775. The Morgan fingerprint density at radius 1 is 1.60 bits per heavy atom. The lowest BCUT2D eigenvalue weighted by Crippen LogP contribution is -2.38. The van der Waals surface area contributed by atoms with E-state index in [1.165, 1.54) is 6.33 Å². The molecule has 0 N–H and O–H groups in total. The molecule has 1 aliphatic heterocycles. The van der Waals surface area contributed by atoms with Crippen molar-refractivity contribution >= 4 is 0 Å². The summed E-state index contributed by atoms with van der Waals surface area (Å²) in [7, 11) is 0. The minimum Gasteiger partial charge on any atom is -0.342 e. The Labute approximate surface area is 119 Å². The fraction of sp³-hybridized carbons (Fsp3) is 0.467. The summed E-state index contributed by atoms with van der Waals surface area (Å²) in [6.45, 7) is 10.9. The molecule has 0 bridgehead atoms. The van der Waals surface area contributed by atoms with Crippen molar-refractivity contribution in [3.63, 3.8) is 0 Å². The summed E-state index contributed by atoms with van der Waals surface area (Å²) in [4.78, 5) is 3.97. The molecule has 2 heterocycles. The summed E-state index contributed by atoms with van der Waals surface area (Å²) < 4.78 is 13.8. The van der Waals surface area contributed by atoms with Gasteiger partial charge in [-0.25, -0.2) is 9.67 Å². The zero-order chi connectivity index (χ0) is 14.6. The molecule has 0 aliphatic carbocycles. The lowest BCUT2D eigenvalue weighted by Gasteiger charge is -2.30. The lowest BCUT2D eigenvalue weighted by molar-refractivity contribution is -0.145. The third-order valence-corrected chi connectivity index (χ3v) is 3.24. The summed E-state index contributed by atoms with van der Waals surface area (Å²) in [5.74, 6) is -0.849. The van der Waals surface area contributed by atoms with Crippen LogP contribution in [0.2, 0.25) is 0 Å². The third kappa shape index (κ3) is 2.89. The number of hydrogen-bond acceptors (Lipinski definition) is 4. The van der Waals surface area contributed by atoms with Crippen LogP contribution in [0.1, 0.15) is 20.8 Å². The topological polar surface area (TPSA) is 49.2 Å². The van der Waals surface area contributed by atoms with Gasteiger partial charge in [-0.2, -0.15) is 5.10 Å². The van der Waals surface area contributed by atoms with Gasteiger partial charge in [-0.05, 0) is 26.3 Å². The van der Waals surface area contributed by atoms with E-state index in [-0.39, 0.29) is 6.10 Å². The second kappa shape index (κ2) is 6.15. The zero-order valence-corrected chi connectivity index (χ0v) is 12.2. The monoisotopic (exact) mass is 275 g/mol. The zero-order valence-electron chi connectivity index (χ0n) is 12.2. The van der Waals surface area contributed by atoms with Crippen LogP contribution >= 0.6 is 0 Å². The van der Waals surface area contributed by atoms with Crippen LogP contribution in [0.15, 0.2) is 48.6 Å². The standard InChI is InChI=1S/C15H21N3O2/c1-5-7-12(3)14(6-2)15(19-8-13(4)20-15)9-18-11-16-10-17-18/h5-7,10-11,13H,2,8-9H2,1,3-4H3/b7-5+,14-12+. The molecule has 2 unspecified atom stereocenters. The van der Waals surface area contributed by atoms with Gasteiger partial charge in [-0.3, -0.25) is 0 Å². The largest absolute Gasteiger partial charge is 0.342 e. The van der Waals surface area contributed by atoms with Gasteiger partial charge in [0.1, 0.15) is 19.2 Å². The normalized spacial score (nSPS) is 27.9. The summed E-state index contributed by atoms with van der Waals surface area (Å²) in [6, 6.07) is 0. The molecule has 0 radical (unpaired) electrons. The molecule has 2 atom stereocenters. The SMILES string of the molecule is C=C/C(=C(C)\C=C\C)C1(Cn2cncn2)OCC(C)O1. The molecular formula is C15H21N3O2. The van der Waals surface area contributed by atoms with Crippen molar-refractivity contribution < 1.29 is 9.47 Å². The van der Waals surface area contributed by atoms with Gasteiger partial charge in [0.25, 0.3) is 0 Å². The number of allylic oxidation sites excluding steroid dienone is 3. The molecule has 1 aliphatic rings. The molecule has 5 nitrogen and oxygen atoms in total. The minimum atomic E-state index is -0.849. The second-order valence-electron chi connectivity index (χ2n) is 4.89. The van der Waals surface area contributed by atoms with Gasteiger partial charge in [0.15, 0.2) is 0 Å². The predicted octanol–water partition coefficient (Wildman–Crippen LogP) is 2.49. The fourth-order valence-electron chi connectivity index (χ4n) is 2.44. The fourth-order valence-corrected chi connectivity index (χ4v) is 2.44. The molecule has 0 saturated carbocycles. The van der Waals surface area contributed by atoms with Crippen LogP contribution < -0.4 is 0 Å². The Morgan fingerprint density at radius 3 is 2.90 bits per heavy atom. The van der Waals surface area contributed by atoms with Crippen LogP contribution in [0.3, 0.4) is 0 Å². The number of hydrogen-bond donors (Lipinski definition) is 0. The van der Waals surface area contributed by atoms with Crippen molar-refractivity contribution in [3.8, 4) is 0 Å². The van der Waals surface area contributed by atoms with E-state index in [0.717, 1.165) is 11.1 Å². The summed E-state index contributed by atoms with van der Waals surface area (Å²) >= 11 is 0. The third-order valence-electron chi connectivity index (χ3n) is 3.24. The summed E-state index contributed by atoms with van der Waals surface area (Å²) in [5.41, 5.74) is 1.99. The van der Waals surface area contributed by atoms with Crippen molar-refractivity contribution in [3.05, 3.63) is 48.6 Å². The van der Waals surface area contributed by atoms with E-state index in [1.54, 1.807) is 17.1 Å². The highest BCUT2D eigenvalue weighted by Gasteiger charge is 2.43. The minimum absolute atomic E-state index is 0.0341. The van der Waals surface area contributed by atoms with Crippen LogP contribution in [-0.4, -0.2) is 33.3 Å². The van der Waals surface area contributed by atoms with Gasteiger partial charge in [0, 0.05) is 5.57 Å². The molecule has 108 valence electrons. The number of nitrogens with zero attached hydrogens (tertiary/aromatic N) is 3. The first-order chi connectivity index (χ1) is 9.61. The van der Waals surface area contributed by atoms with Gasteiger partial charge in [-0.15, -0.1) is 0 Å². The highest BCUT2D eigenvalue weighted by Crippen LogP contribution is 2.35. The van der Waals surface area contributed by atoms with Crippen LogP contribution in [0.4, 0.5) is 0 Å². The average molecular weight is 275 g/mol. The molecule has 1 aromatic rings. The highest BCUT2D eigenvalue weighted by molar-refractivity contribution is 5.36. The Balaban J connectivity index is 2.41. The summed E-state index contributed by atoms with van der Waals surface area (Å²) in [6.07, 6.45) is 9.00. The van der Waals surface area contributed by atoms with Crippen molar-refractivity contribution in [1.82, 2.24) is 14.8 Å². The van der Waals surface area contributed by atoms with E-state index in [1.807, 2.05) is 32.9 Å². The molecule has 20 heavy (non-hydrogen) atoms. The van der Waals surface area contributed by atoms with Crippen molar-refractivity contribution in [1.29, 1.82) is 0 Å². The Hall–Kier alpha value is -1.72. The molecule has 5 heteroatoms. The van der Waals surface area contributed by atoms with Crippen LogP contribution in [-0.2, 0) is 16.0 Å². The van der Waals surface area contributed by atoms with E-state index in [0.29, 0.717) is 13.2 Å². The van der Waals surface area contributed by atoms with E-state index >= 15 is 0 Å². The lowest BCUT2D eigenvalue weighted by atomic mass is 9.99. The van der Waals surface area contributed by atoms with E-state index in [2.05, 4.69) is 16.7 Å². The number of ether oxygens (including phenoxy) is 2. The molecular weight excluding hydrogens is 254 g/mol. The van der Waals surface area contributed by atoms with Gasteiger partial charge in [0.05, 0.1) is 12.7 Å². The summed E-state index contributed by atoms with van der Waals surface area (Å²) in [5, 5.41) is 4.14. The molecule has 1 aromatic heterocycles. The second-order valence-corrected chi connectivity index (χ2v) is 4.89. The van der Waals surface area contributed by atoms with Crippen molar-refractivity contribution in [2.75, 3.05) is 6.61 Å². The molecule has 1 fully saturated rings. The Kier molecular flexibility index (Phi) is 4.52. The maximum absolute atomic E-state index is 6.07. The van der Waals surface area contributed by atoms with E-state index < -0.39 is 5.79 Å². The number of aromatic nitrogens is 3. The first kappa shape index (κ1) is 14.7. The maximum Gasteiger partial charge on any atom is 0.215 e. The average Bonchev–Trinajstić information content (AvgIpc) is 3.02. The van der Waals surface area contributed by atoms with Crippen LogP contribution in [0, 0.1) is 0 Å². The molecule has 1 saturated heterocycles. The first-order valence-corrected chi connectivity index (χ1v) is 6.72. The molecule has 0 spiro atoms. The van der Waals surface area contributed by atoms with Gasteiger partial charge < -0.3 is 9.47 Å². The molecule has 0 amide bonds. The first-order valence-electron chi connectivity index (χ1n) is 6.72. The van der Waals surface area contributed by atoms with Gasteiger partial charge in [0.2, 0.25) is 5.79 Å². The van der Waals surface area contributed by atoms with Crippen LogP contribution in [0.5, 0.6) is 0 Å². The van der Waals surface area contributed by atoms with Crippen LogP contribution in [0.25, 0.3) is 0 Å². The Bertz CT molecular complexity index is 519. The van der Waals surface area contributed by atoms with E-state index in [4.69, 9.17) is 9.47 Å². The molecule has 0 aromatic carbocycles. The Morgan fingerprint density at radius 2 is 2.40 bits per heavy atom. The van der Waals surface area contributed by atoms with E-state index in [9.17, 15) is 0 Å². The van der Waals surface area contributed by atoms with Crippen molar-refractivity contribution in [2.24, 2.45) is 0 Å². The van der Waals surface area contributed by atoms with Gasteiger partial charge in [-0.1, -0.05) is 24.8 Å². The predicted molar refractivity (Wildman–Crippen MR) is 77.0 cm³/mol. The van der Waals surface area contributed by atoms with Gasteiger partial charge >= 0.3 is 0 Å². The highest BCUT2D eigenvalue weighted by atomic mass is 16.7.